The third-order valence-electron chi connectivity index (χ3n) is 3.98. The van der Waals surface area contributed by atoms with Gasteiger partial charge in [0.05, 0.1) is 5.56 Å². The Hall–Kier alpha value is -2.20. The molecule has 0 aromatic heterocycles. The molecule has 0 saturated heterocycles. The molecule has 1 aliphatic carbocycles. The summed E-state index contributed by atoms with van der Waals surface area (Å²) in [5, 5.41) is 4.41. The van der Waals surface area contributed by atoms with Crippen LogP contribution >= 0.6 is 11.6 Å². The van der Waals surface area contributed by atoms with E-state index in [1.165, 1.54) is 6.07 Å². The van der Waals surface area contributed by atoms with E-state index in [0.29, 0.717) is 27.4 Å². The average molecular weight is 374 g/mol. The second-order valence-corrected chi connectivity index (χ2v) is 8.79. The molecule has 0 atom stereocenters. The lowest BCUT2D eigenvalue weighted by atomic mass is 9.72. The first-order chi connectivity index (χ1) is 11.9. The molecule has 5 heteroatoms. The summed E-state index contributed by atoms with van der Waals surface area (Å²) in [6, 6.07) is 6.46. The van der Waals surface area contributed by atoms with Crippen LogP contribution in [0.2, 0.25) is 5.02 Å². The van der Waals surface area contributed by atoms with Crippen molar-refractivity contribution < 1.29 is 14.4 Å². The maximum absolute atomic E-state index is 12.8. The molecular formula is C21H24ClNO3. The summed E-state index contributed by atoms with van der Waals surface area (Å²) in [4.78, 5) is 30.1. The third-order valence-corrected chi connectivity index (χ3v) is 4.22. The number of Topliss-reactive ketones (excluding diaryl/α,β-unsaturated/α-hetero) is 1. The molecule has 26 heavy (non-hydrogen) atoms. The molecule has 0 fully saturated rings. The Morgan fingerprint density at radius 1 is 1.00 bits per heavy atom. The lowest BCUT2D eigenvalue weighted by Crippen LogP contribution is -2.29. The highest BCUT2D eigenvalue weighted by atomic mass is 35.5. The molecule has 0 amide bonds. The standard InChI is InChI=1S/C21H24ClNO3/c1-20(2,3)16-11-15(12-17(18(16)24)21(4,5)6)23-26-19(25)13-8-7-9-14(22)10-13/h7-12H,1-6H3. The second-order valence-electron chi connectivity index (χ2n) is 8.35. The summed E-state index contributed by atoms with van der Waals surface area (Å²) in [7, 11) is 0. The number of hydrogen-bond acceptors (Lipinski definition) is 4. The van der Waals surface area contributed by atoms with Gasteiger partial charge < -0.3 is 4.84 Å². The Morgan fingerprint density at radius 3 is 2.00 bits per heavy atom. The van der Waals surface area contributed by atoms with Crippen LogP contribution in [0.1, 0.15) is 51.9 Å². The molecule has 1 aromatic carbocycles. The molecule has 0 heterocycles. The van der Waals surface area contributed by atoms with Gasteiger partial charge in [0, 0.05) is 16.2 Å². The van der Waals surface area contributed by atoms with Gasteiger partial charge in [-0.1, -0.05) is 64.4 Å². The van der Waals surface area contributed by atoms with Crippen LogP contribution in [0.25, 0.3) is 0 Å². The van der Waals surface area contributed by atoms with Gasteiger partial charge in [-0.05, 0) is 41.2 Å². The Labute approximate surface area is 159 Å². The van der Waals surface area contributed by atoms with E-state index in [0.717, 1.165) is 0 Å². The lowest BCUT2D eigenvalue weighted by molar-refractivity contribution is -0.114. The molecule has 0 N–H and O–H groups in total. The molecular weight excluding hydrogens is 350 g/mol. The Kier molecular flexibility index (Phi) is 5.57. The zero-order chi connectivity index (χ0) is 19.7. The van der Waals surface area contributed by atoms with Gasteiger partial charge in [0.15, 0.2) is 5.78 Å². The van der Waals surface area contributed by atoms with Gasteiger partial charge >= 0.3 is 5.97 Å². The zero-order valence-corrected chi connectivity index (χ0v) is 16.8. The molecule has 1 aromatic rings. The minimum Gasteiger partial charge on any atom is -0.312 e. The quantitative estimate of drug-likeness (QED) is 0.397. The minimum absolute atomic E-state index is 0.00474. The van der Waals surface area contributed by atoms with Crippen LogP contribution in [0.4, 0.5) is 0 Å². The van der Waals surface area contributed by atoms with Gasteiger partial charge in [0.2, 0.25) is 0 Å². The van der Waals surface area contributed by atoms with E-state index in [4.69, 9.17) is 16.4 Å². The molecule has 0 bridgehead atoms. The Morgan fingerprint density at radius 2 is 1.54 bits per heavy atom. The van der Waals surface area contributed by atoms with Crippen LogP contribution in [0.5, 0.6) is 0 Å². The van der Waals surface area contributed by atoms with Gasteiger partial charge in [-0.15, -0.1) is 0 Å². The van der Waals surface area contributed by atoms with E-state index in [9.17, 15) is 9.59 Å². The van der Waals surface area contributed by atoms with Crippen LogP contribution in [-0.4, -0.2) is 17.5 Å². The van der Waals surface area contributed by atoms with Crippen LogP contribution in [0.3, 0.4) is 0 Å². The average Bonchev–Trinajstić information content (AvgIpc) is 2.51. The van der Waals surface area contributed by atoms with Gasteiger partial charge in [0.1, 0.15) is 5.71 Å². The van der Waals surface area contributed by atoms with Crippen LogP contribution in [0, 0.1) is 10.8 Å². The first kappa shape index (κ1) is 20.1. The van der Waals surface area contributed by atoms with E-state index < -0.39 is 5.97 Å². The highest BCUT2D eigenvalue weighted by Gasteiger charge is 2.34. The largest absolute Gasteiger partial charge is 0.365 e. The molecule has 0 spiro atoms. The smallest absolute Gasteiger partial charge is 0.312 e. The van der Waals surface area contributed by atoms with Crippen molar-refractivity contribution in [2.24, 2.45) is 16.0 Å². The predicted octanol–water partition coefficient (Wildman–Crippen LogP) is 5.38. The molecule has 1 aliphatic rings. The van der Waals surface area contributed by atoms with Crippen molar-refractivity contribution >= 4 is 29.1 Å². The van der Waals surface area contributed by atoms with Crippen molar-refractivity contribution in [2.45, 2.75) is 41.5 Å². The maximum Gasteiger partial charge on any atom is 0.365 e. The first-order valence-corrected chi connectivity index (χ1v) is 8.81. The van der Waals surface area contributed by atoms with Crippen molar-refractivity contribution in [1.82, 2.24) is 0 Å². The number of hydrogen-bond donors (Lipinski definition) is 0. The zero-order valence-electron chi connectivity index (χ0n) is 16.0. The van der Waals surface area contributed by atoms with Crippen molar-refractivity contribution in [3.8, 4) is 0 Å². The summed E-state index contributed by atoms with van der Waals surface area (Å²) in [5.74, 6) is -0.599. The normalized spacial score (nSPS) is 15.3. The number of rotatable bonds is 2. The second kappa shape index (κ2) is 7.20. The van der Waals surface area contributed by atoms with Crippen LogP contribution < -0.4 is 0 Å². The van der Waals surface area contributed by atoms with E-state index >= 15 is 0 Å². The first-order valence-electron chi connectivity index (χ1n) is 8.43. The Bertz CT molecular complexity index is 798. The highest BCUT2D eigenvalue weighted by Crippen LogP contribution is 2.37. The topological polar surface area (TPSA) is 55.7 Å². The molecule has 0 unspecified atom stereocenters. The molecule has 138 valence electrons. The van der Waals surface area contributed by atoms with E-state index in [1.807, 2.05) is 41.5 Å². The van der Waals surface area contributed by atoms with Gasteiger partial charge in [-0.25, -0.2) is 4.79 Å². The number of allylic oxidation sites excluding steroid dienone is 4. The fourth-order valence-electron chi connectivity index (χ4n) is 2.54. The van der Waals surface area contributed by atoms with E-state index in [-0.39, 0.29) is 16.6 Å². The molecule has 0 aliphatic heterocycles. The SMILES string of the molecule is CC(C)(C)C1=CC(=NOC(=O)c2cccc(Cl)c2)C=C(C(C)(C)C)C1=O. The van der Waals surface area contributed by atoms with Crippen LogP contribution in [-0.2, 0) is 9.63 Å². The summed E-state index contributed by atoms with van der Waals surface area (Å²) in [5.41, 5.74) is 1.34. The van der Waals surface area contributed by atoms with E-state index in [1.54, 1.807) is 30.4 Å². The predicted molar refractivity (Wildman–Crippen MR) is 104 cm³/mol. The number of oxime groups is 1. The van der Waals surface area contributed by atoms with Crippen molar-refractivity contribution in [3.05, 3.63) is 58.1 Å². The Balaban J connectivity index is 2.37. The van der Waals surface area contributed by atoms with Crippen molar-refractivity contribution in [2.75, 3.05) is 0 Å². The molecule has 4 nitrogen and oxygen atoms in total. The van der Waals surface area contributed by atoms with E-state index in [2.05, 4.69) is 5.16 Å². The summed E-state index contributed by atoms with van der Waals surface area (Å²) < 4.78 is 0. The van der Waals surface area contributed by atoms with Gasteiger partial charge in [-0.2, -0.15) is 0 Å². The molecule has 0 radical (unpaired) electrons. The summed E-state index contributed by atoms with van der Waals surface area (Å²) >= 11 is 5.89. The third kappa shape index (κ3) is 4.70. The number of carbonyl (C=O) groups excluding carboxylic acids is 2. The fraction of sp³-hybridized carbons (Fsp3) is 0.381. The van der Waals surface area contributed by atoms with Crippen molar-refractivity contribution in [1.29, 1.82) is 0 Å². The minimum atomic E-state index is -0.603. The number of nitrogens with zero attached hydrogens (tertiary/aromatic N) is 1. The summed E-state index contributed by atoms with van der Waals surface area (Å²) in [6.07, 6.45) is 3.37. The number of benzene rings is 1. The van der Waals surface area contributed by atoms with Gasteiger partial charge in [-0.3, -0.25) is 4.79 Å². The summed E-state index contributed by atoms with van der Waals surface area (Å²) in [6.45, 7) is 11.8. The lowest BCUT2D eigenvalue weighted by Gasteiger charge is -2.30. The fourth-order valence-corrected chi connectivity index (χ4v) is 2.73. The monoisotopic (exact) mass is 373 g/mol. The van der Waals surface area contributed by atoms with Crippen molar-refractivity contribution in [3.63, 3.8) is 0 Å². The number of halogens is 1. The maximum atomic E-state index is 12.8. The van der Waals surface area contributed by atoms with Gasteiger partial charge in [0.25, 0.3) is 0 Å². The number of carbonyl (C=O) groups is 2. The van der Waals surface area contributed by atoms with Crippen LogP contribution in [0.15, 0.2) is 52.7 Å². The molecule has 0 saturated carbocycles. The molecule has 2 rings (SSSR count). The number of ketones is 1. The highest BCUT2D eigenvalue weighted by molar-refractivity contribution is 6.30.